The lowest BCUT2D eigenvalue weighted by Crippen LogP contribution is -2.63. The lowest BCUT2D eigenvalue weighted by atomic mass is 9.59. The molecular formula is C30H34BrClF3NO6. The molecule has 7 nitrogen and oxygen atoms in total. The summed E-state index contributed by atoms with van der Waals surface area (Å²) in [4.78, 5) is 27.1. The fraction of sp³-hybridized carbons (Fsp3) is 0.533. The maximum absolute atomic E-state index is 14.1. The summed E-state index contributed by atoms with van der Waals surface area (Å²) in [6.07, 6.45) is -3.47. The molecule has 1 N–H and O–H groups in total. The second-order valence-electron chi connectivity index (χ2n) is 11.2. The molecule has 0 bridgehead atoms. The van der Waals surface area contributed by atoms with Crippen molar-refractivity contribution in [1.82, 2.24) is 0 Å². The third kappa shape index (κ3) is 6.02. The van der Waals surface area contributed by atoms with Crippen LogP contribution in [-0.2, 0) is 30.9 Å². The van der Waals surface area contributed by atoms with Crippen LogP contribution in [-0.4, -0.2) is 56.3 Å². The average Bonchev–Trinajstić information content (AvgIpc) is 3.22. The summed E-state index contributed by atoms with van der Waals surface area (Å²) in [5, 5.41) is 9.99. The summed E-state index contributed by atoms with van der Waals surface area (Å²) in [6.45, 7) is 1.96. The van der Waals surface area contributed by atoms with Crippen molar-refractivity contribution >= 4 is 45.1 Å². The zero-order chi connectivity index (χ0) is 30.9. The third-order valence-corrected chi connectivity index (χ3v) is 9.60. The molecule has 42 heavy (non-hydrogen) atoms. The number of halogens is 5. The first-order valence-electron chi connectivity index (χ1n) is 13.6. The van der Waals surface area contributed by atoms with Gasteiger partial charge in [0.05, 0.1) is 11.6 Å². The molecule has 12 heteroatoms. The van der Waals surface area contributed by atoms with Gasteiger partial charge < -0.3 is 19.3 Å². The van der Waals surface area contributed by atoms with Gasteiger partial charge in [0.2, 0.25) is 0 Å². The summed E-state index contributed by atoms with van der Waals surface area (Å²) >= 11 is 9.69. The number of rotatable bonds is 9. The van der Waals surface area contributed by atoms with Crippen LogP contribution >= 0.6 is 27.5 Å². The van der Waals surface area contributed by atoms with Gasteiger partial charge in [0.25, 0.3) is 0 Å². The van der Waals surface area contributed by atoms with E-state index < -0.39 is 29.0 Å². The Bertz CT molecular complexity index is 1310. The van der Waals surface area contributed by atoms with Crippen molar-refractivity contribution in [3.05, 3.63) is 57.0 Å². The van der Waals surface area contributed by atoms with E-state index in [2.05, 4.69) is 15.9 Å². The highest BCUT2D eigenvalue weighted by Gasteiger charge is 2.60. The molecule has 2 aliphatic carbocycles. The SMILES string of the molecule is COCOc1cc2c(cc1Br)CC(C[C@@H](C)CO)C21CCC(C(=O)OC)(N(C(=O)C(F)(F)F)c2cccc(Cl)c2)CC1. The summed E-state index contributed by atoms with van der Waals surface area (Å²) in [5.41, 5.74) is -0.545. The first-order valence-corrected chi connectivity index (χ1v) is 14.8. The van der Waals surface area contributed by atoms with Crippen molar-refractivity contribution in [2.75, 3.05) is 32.5 Å². The molecule has 2 aromatic rings. The van der Waals surface area contributed by atoms with Gasteiger partial charge in [-0.15, -0.1) is 0 Å². The molecule has 0 aromatic heterocycles. The molecule has 4 rings (SSSR count). The molecule has 230 valence electrons. The Hall–Kier alpha value is -2.34. The molecule has 1 spiro atoms. The summed E-state index contributed by atoms with van der Waals surface area (Å²) in [6, 6.07) is 9.41. The smallest absolute Gasteiger partial charge is 0.467 e. The van der Waals surface area contributed by atoms with Crippen LogP contribution in [0, 0.1) is 11.8 Å². The van der Waals surface area contributed by atoms with Crippen molar-refractivity contribution in [1.29, 1.82) is 0 Å². The zero-order valence-electron chi connectivity index (χ0n) is 23.6. The Labute approximate surface area is 256 Å². The zero-order valence-corrected chi connectivity index (χ0v) is 25.9. The molecule has 0 aliphatic heterocycles. The van der Waals surface area contributed by atoms with Crippen molar-refractivity contribution in [3.63, 3.8) is 0 Å². The quantitative estimate of drug-likeness (QED) is 0.238. The standard InChI is InChI=1S/C30H34BrClF3NO6/c1-18(16-37)11-20-12-19-13-24(31)25(42-17-40-2)15-23(19)28(20)7-9-29(10-8-28,27(39)41-3)36(26(38)30(33,34)35)22-6-4-5-21(32)14-22/h4-6,13-15,18,20,37H,7-12,16-17H2,1-3H3/t18-,20?,28?,29?/m1/s1. The van der Waals surface area contributed by atoms with Gasteiger partial charge in [-0.1, -0.05) is 24.6 Å². The third-order valence-electron chi connectivity index (χ3n) is 8.75. The Morgan fingerprint density at radius 2 is 1.86 bits per heavy atom. The van der Waals surface area contributed by atoms with E-state index in [1.54, 1.807) is 0 Å². The number of alkyl halides is 3. The van der Waals surface area contributed by atoms with E-state index in [0.29, 0.717) is 36.3 Å². The molecule has 0 radical (unpaired) electrons. The average molecular weight is 677 g/mol. The number of amides is 1. The first kappa shape index (κ1) is 32.6. The number of hydrogen-bond acceptors (Lipinski definition) is 6. The maximum atomic E-state index is 14.1. The highest BCUT2D eigenvalue weighted by molar-refractivity contribution is 9.10. The number of esters is 1. The van der Waals surface area contributed by atoms with Crippen LogP contribution in [0.1, 0.15) is 50.2 Å². The van der Waals surface area contributed by atoms with E-state index in [1.807, 2.05) is 19.1 Å². The van der Waals surface area contributed by atoms with E-state index in [4.69, 9.17) is 25.8 Å². The Morgan fingerprint density at radius 3 is 2.43 bits per heavy atom. The Balaban J connectivity index is 1.83. The molecule has 1 fully saturated rings. The van der Waals surface area contributed by atoms with Crippen molar-refractivity contribution in [2.45, 2.75) is 62.6 Å². The summed E-state index contributed by atoms with van der Waals surface area (Å²) < 4.78 is 58.9. The van der Waals surface area contributed by atoms with E-state index >= 15 is 0 Å². The van der Waals surface area contributed by atoms with Crippen LogP contribution in [0.25, 0.3) is 0 Å². The van der Waals surface area contributed by atoms with E-state index in [9.17, 15) is 27.9 Å². The fourth-order valence-corrected chi connectivity index (χ4v) is 7.50. The van der Waals surface area contributed by atoms with Gasteiger partial charge in [0.1, 0.15) is 11.3 Å². The van der Waals surface area contributed by atoms with Gasteiger partial charge in [-0.05, 0) is 113 Å². The first-order chi connectivity index (χ1) is 19.8. The molecule has 1 saturated carbocycles. The number of fused-ring (bicyclic) bond motifs is 2. The summed E-state index contributed by atoms with van der Waals surface area (Å²) in [7, 11) is 2.62. The second-order valence-corrected chi connectivity index (χ2v) is 12.5. The van der Waals surface area contributed by atoms with E-state index in [1.165, 1.54) is 31.4 Å². The number of carbonyl (C=O) groups is 2. The molecule has 1 amide bonds. The Morgan fingerprint density at radius 1 is 1.17 bits per heavy atom. The number of methoxy groups -OCH3 is 2. The number of nitrogens with zero attached hydrogens (tertiary/aromatic N) is 1. The Kier molecular flexibility index (Phi) is 9.86. The van der Waals surface area contributed by atoms with Crippen LogP contribution in [0.4, 0.5) is 18.9 Å². The molecule has 0 heterocycles. The van der Waals surface area contributed by atoms with Crippen LogP contribution in [0.15, 0.2) is 40.9 Å². The van der Waals surface area contributed by atoms with Crippen LogP contribution in [0.3, 0.4) is 0 Å². The van der Waals surface area contributed by atoms with Gasteiger partial charge >= 0.3 is 18.1 Å². The minimum atomic E-state index is -5.25. The van der Waals surface area contributed by atoms with Gasteiger partial charge in [0, 0.05) is 24.4 Å². The van der Waals surface area contributed by atoms with Gasteiger partial charge in [0.15, 0.2) is 6.79 Å². The van der Waals surface area contributed by atoms with Gasteiger partial charge in [-0.3, -0.25) is 9.69 Å². The van der Waals surface area contributed by atoms with Crippen LogP contribution in [0.2, 0.25) is 5.02 Å². The minimum absolute atomic E-state index is 0.0104. The van der Waals surface area contributed by atoms with Crippen molar-refractivity contribution < 1.29 is 42.1 Å². The summed E-state index contributed by atoms with van der Waals surface area (Å²) in [5.74, 6) is -2.51. The monoisotopic (exact) mass is 675 g/mol. The van der Waals surface area contributed by atoms with Crippen molar-refractivity contribution in [2.24, 2.45) is 11.8 Å². The maximum Gasteiger partial charge on any atom is 0.471 e. The highest BCUT2D eigenvalue weighted by Crippen LogP contribution is 2.58. The molecule has 2 atom stereocenters. The fourth-order valence-electron chi connectivity index (χ4n) is 6.81. The molecular weight excluding hydrogens is 643 g/mol. The lowest BCUT2D eigenvalue weighted by molar-refractivity contribution is -0.174. The number of ether oxygens (including phenoxy) is 3. The van der Waals surface area contributed by atoms with Gasteiger partial charge in [-0.25, -0.2) is 4.79 Å². The van der Waals surface area contributed by atoms with E-state index in [0.717, 1.165) is 22.7 Å². The number of aliphatic hydroxyl groups is 1. The molecule has 1 unspecified atom stereocenters. The van der Waals surface area contributed by atoms with Crippen molar-refractivity contribution in [3.8, 4) is 5.75 Å². The molecule has 2 aliphatic rings. The lowest BCUT2D eigenvalue weighted by Gasteiger charge is -2.51. The predicted molar refractivity (Wildman–Crippen MR) is 155 cm³/mol. The van der Waals surface area contributed by atoms with Crippen LogP contribution < -0.4 is 9.64 Å². The molecule has 0 saturated heterocycles. The number of aliphatic hydroxyl groups excluding tert-OH is 1. The molecule has 2 aromatic carbocycles. The number of anilines is 1. The normalized spacial score (nSPS) is 24.3. The predicted octanol–water partition coefficient (Wildman–Crippen LogP) is 6.60. The van der Waals surface area contributed by atoms with Crippen LogP contribution in [0.5, 0.6) is 5.75 Å². The minimum Gasteiger partial charge on any atom is -0.467 e. The van der Waals surface area contributed by atoms with Gasteiger partial charge in [-0.2, -0.15) is 13.2 Å². The highest BCUT2D eigenvalue weighted by atomic mass is 79.9. The largest absolute Gasteiger partial charge is 0.471 e. The number of benzene rings is 2. The number of carbonyl (C=O) groups excluding carboxylic acids is 2. The second kappa shape index (κ2) is 12.7. The topological polar surface area (TPSA) is 85.3 Å². The van der Waals surface area contributed by atoms with E-state index in [-0.39, 0.29) is 48.8 Å². The number of hydrogen-bond donors (Lipinski definition) is 1.